The molecule has 172 valence electrons. The first kappa shape index (κ1) is 22.9. The van der Waals surface area contributed by atoms with Crippen LogP contribution in [-0.2, 0) is 0 Å². The fourth-order valence-corrected chi connectivity index (χ4v) is 5.49. The van der Waals surface area contributed by atoms with Crippen molar-refractivity contribution in [1.29, 1.82) is 0 Å². The van der Waals surface area contributed by atoms with Crippen LogP contribution in [0.3, 0.4) is 0 Å². The van der Waals surface area contributed by atoms with E-state index in [2.05, 4.69) is 34.2 Å². The van der Waals surface area contributed by atoms with Crippen LogP contribution in [0.2, 0.25) is 0 Å². The van der Waals surface area contributed by atoms with Crippen LogP contribution in [0, 0.1) is 11.2 Å². The highest BCUT2D eigenvalue weighted by atomic mass is 19.1. The van der Waals surface area contributed by atoms with Gasteiger partial charge in [0.15, 0.2) is 0 Å². The fourth-order valence-electron chi connectivity index (χ4n) is 5.49. The van der Waals surface area contributed by atoms with Gasteiger partial charge in [-0.25, -0.2) is 4.39 Å². The molecule has 0 radical (unpaired) electrons. The van der Waals surface area contributed by atoms with Crippen molar-refractivity contribution < 1.29 is 9.18 Å². The van der Waals surface area contributed by atoms with Crippen molar-refractivity contribution in [2.45, 2.75) is 44.6 Å². The maximum Gasteiger partial charge on any atom is 0.253 e. The molecule has 1 aromatic heterocycles. The average Bonchev–Trinajstić information content (AvgIpc) is 3.22. The molecule has 2 aliphatic rings. The van der Waals surface area contributed by atoms with Crippen molar-refractivity contribution in [1.82, 2.24) is 20.1 Å². The van der Waals surface area contributed by atoms with E-state index >= 15 is 0 Å². The predicted molar refractivity (Wildman–Crippen MR) is 126 cm³/mol. The van der Waals surface area contributed by atoms with Crippen molar-refractivity contribution in [3.63, 3.8) is 0 Å². The van der Waals surface area contributed by atoms with Crippen LogP contribution >= 0.6 is 0 Å². The fraction of sp³-hybridized carbons (Fsp3) is 0.538. The van der Waals surface area contributed by atoms with Crippen molar-refractivity contribution in [3.05, 3.63) is 54.0 Å². The second kappa shape index (κ2) is 10.1. The van der Waals surface area contributed by atoms with Gasteiger partial charge in [-0.05, 0) is 69.5 Å². The normalized spacial score (nSPS) is 19.4. The minimum Gasteiger partial charge on any atom is -0.349 e. The van der Waals surface area contributed by atoms with Crippen molar-refractivity contribution in [3.8, 4) is 11.3 Å². The van der Waals surface area contributed by atoms with Gasteiger partial charge in [0.2, 0.25) is 0 Å². The van der Waals surface area contributed by atoms with Gasteiger partial charge in [0.1, 0.15) is 5.82 Å². The third-order valence-electron chi connectivity index (χ3n) is 6.94. The molecule has 2 aromatic rings. The number of piperidine rings is 1. The lowest BCUT2D eigenvalue weighted by Crippen LogP contribution is -2.49. The Kier molecular flexibility index (Phi) is 7.21. The largest absolute Gasteiger partial charge is 0.349 e. The molecule has 0 spiro atoms. The summed E-state index contributed by atoms with van der Waals surface area (Å²) in [5.41, 5.74) is 2.35. The predicted octanol–water partition coefficient (Wildman–Crippen LogP) is 4.20. The molecule has 32 heavy (non-hydrogen) atoms. The number of halogens is 1. The minimum absolute atomic E-state index is 0.0818. The number of aromatic nitrogens is 1. The molecule has 0 atom stereocenters. The van der Waals surface area contributed by atoms with E-state index in [0.29, 0.717) is 22.2 Å². The molecule has 2 heterocycles. The van der Waals surface area contributed by atoms with Crippen LogP contribution in [0.15, 0.2) is 42.6 Å². The summed E-state index contributed by atoms with van der Waals surface area (Å²) in [6.45, 7) is 4.42. The number of likely N-dealkylation sites (tertiary alicyclic amines) is 1. The zero-order valence-electron chi connectivity index (χ0n) is 19.3. The van der Waals surface area contributed by atoms with Crippen LogP contribution in [-0.4, -0.2) is 67.0 Å². The van der Waals surface area contributed by atoms with Crippen LogP contribution in [0.25, 0.3) is 11.3 Å². The zero-order valence-corrected chi connectivity index (χ0v) is 19.3. The second-order valence-electron chi connectivity index (χ2n) is 9.91. The van der Waals surface area contributed by atoms with Crippen LogP contribution in [0.1, 0.15) is 48.9 Å². The lowest BCUT2D eigenvalue weighted by atomic mass is 9.84. The van der Waals surface area contributed by atoms with Crippen molar-refractivity contribution >= 4 is 5.91 Å². The van der Waals surface area contributed by atoms with Gasteiger partial charge in [-0.2, -0.15) is 0 Å². The van der Waals surface area contributed by atoms with Crippen molar-refractivity contribution in [2.24, 2.45) is 5.41 Å². The Hall–Kier alpha value is -2.31. The summed E-state index contributed by atoms with van der Waals surface area (Å²) in [5, 5.41) is 3.19. The van der Waals surface area contributed by atoms with Crippen molar-refractivity contribution in [2.75, 3.05) is 40.3 Å². The Balaban J connectivity index is 1.28. The molecule has 1 N–H and O–H groups in total. The van der Waals surface area contributed by atoms with Crippen LogP contribution in [0.4, 0.5) is 4.39 Å². The van der Waals surface area contributed by atoms with E-state index < -0.39 is 0 Å². The quantitative estimate of drug-likeness (QED) is 0.704. The third kappa shape index (κ3) is 5.73. The van der Waals surface area contributed by atoms with E-state index in [1.807, 2.05) is 6.07 Å². The van der Waals surface area contributed by atoms with E-state index in [4.69, 9.17) is 0 Å². The Bertz CT molecular complexity index is 900. The first-order valence-corrected chi connectivity index (χ1v) is 11.8. The molecule has 0 unspecified atom stereocenters. The van der Waals surface area contributed by atoms with E-state index in [1.165, 1.54) is 50.9 Å². The molecule has 1 aliphatic heterocycles. The molecule has 4 rings (SSSR count). The maximum absolute atomic E-state index is 13.4. The van der Waals surface area contributed by atoms with Crippen LogP contribution in [0.5, 0.6) is 0 Å². The number of amides is 1. The maximum atomic E-state index is 13.4. The minimum atomic E-state index is -0.293. The SMILES string of the molecule is CN(C)CC1(CN2CCC(NC(=O)c3ccc(-c4cccc(F)c4)nc3)CC2)CCCC1. The Labute approximate surface area is 191 Å². The molecule has 0 bridgehead atoms. The van der Waals surface area contributed by atoms with Gasteiger partial charge in [0.05, 0.1) is 11.3 Å². The number of hydrogen-bond acceptors (Lipinski definition) is 4. The van der Waals surface area contributed by atoms with Gasteiger partial charge < -0.3 is 15.1 Å². The van der Waals surface area contributed by atoms with Gasteiger partial charge in [0.25, 0.3) is 5.91 Å². The molecule has 1 aromatic carbocycles. The second-order valence-corrected chi connectivity index (χ2v) is 9.91. The lowest BCUT2D eigenvalue weighted by Gasteiger charge is -2.40. The van der Waals surface area contributed by atoms with E-state index in [1.54, 1.807) is 24.4 Å². The molecule has 2 fully saturated rings. The number of nitrogens with zero attached hydrogens (tertiary/aromatic N) is 3. The third-order valence-corrected chi connectivity index (χ3v) is 6.94. The Morgan fingerprint density at radius 2 is 1.94 bits per heavy atom. The first-order valence-electron chi connectivity index (χ1n) is 11.8. The molecule has 5 nitrogen and oxygen atoms in total. The molecule has 1 amide bonds. The summed E-state index contributed by atoms with van der Waals surface area (Å²) in [5.74, 6) is -0.375. The zero-order chi connectivity index (χ0) is 22.6. The molecule has 1 saturated carbocycles. The number of rotatable bonds is 7. The summed E-state index contributed by atoms with van der Waals surface area (Å²) < 4.78 is 13.4. The highest BCUT2D eigenvalue weighted by molar-refractivity contribution is 5.94. The number of pyridine rings is 1. The van der Waals surface area contributed by atoms with E-state index in [9.17, 15) is 9.18 Å². The van der Waals surface area contributed by atoms with Crippen LogP contribution < -0.4 is 5.32 Å². The molecule has 6 heteroatoms. The number of carbonyl (C=O) groups is 1. The van der Waals surface area contributed by atoms with E-state index in [0.717, 1.165) is 25.9 Å². The summed E-state index contributed by atoms with van der Waals surface area (Å²) in [4.78, 5) is 22.0. The Morgan fingerprint density at radius 1 is 1.19 bits per heavy atom. The number of hydrogen-bond donors (Lipinski definition) is 1. The lowest BCUT2D eigenvalue weighted by molar-refractivity contribution is 0.0829. The van der Waals surface area contributed by atoms with Gasteiger partial charge in [-0.15, -0.1) is 0 Å². The average molecular weight is 439 g/mol. The number of benzene rings is 1. The monoisotopic (exact) mass is 438 g/mol. The van der Waals surface area contributed by atoms with Gasteiger partial charge in [-0.1, -0.05) is 25.0 Å². The number of nitrogens with one attached hydrogen (secondary N) is 1. The highest BCUT2D eigenvalue weighted by Gasteiger charge is 2.36. The van der Waals surface area contributed by atoms with E-state index in [-0.39, 0.29) is 17.8 Å². The first-order chi connectivity index (χ1) is 15.4. The van der Waals surface area contributed by atoms with Gasteiger partial charge in [0, 0.05) is 44.0 Å². The highest BCUT2D eigenvalue weighted by Crippen LogP contribution is 2.39. The summed E-state index contributed by atoms with van der Waals surface area (Å²) in [6.07, 6.45) is 8.92. The smallest absolute Gasteiger partial charge is 0.253 e. The molecule has 1 aliphatic carbocycles. The summed E-state index contributed by atoms with van der Waals surface area (Å²) in [6, 6.07) is 10.1. The molecule has 1 saturated heterocycles. The molecular weight excluding hydrogens is 403 g/mol. The van der Waals surface area contributed by atoms with Gasteiger partial charge in [-0.3, -0.25) is 9.78 Å². The molecular formula is C26H35FN4O. The number of carbonyl (C=O) groups excluding carboxylic acids is 1. The van der Waals surface area contributed by atoms with Gasteiger partial charge >= 0.3 is 0 Å². The topological polar surface area (TPSA) is 48.5 Å². The Morgan fingerprint density at radius 3 is 2.56 bits per heavy atom. The summed E-state index contributed by atoms with van der Waals surface area (Å²) in [7, 11) is 4.36. The summed E-state index contributed by atoms with van der Waals surface area (Å²) >= 11 is 0. The standard InChI is InChI=1S/C26H35FN4O/c1-30(2)18-26(12-3-4-13-26)19-31-14-10-23(11-15-31)29-25(32)21-8-9-24(28-17-21)20-6-5-7-22(27)16-20/h5-9,16-17,23H,3-4,10-15,18-19H2,1-2H3,(H,29,32).